The summed E-state index contributed by atoms with van der Waals surface area (Å²) in [5.41, 5.74) is 0.997. The standard InChI is InChI=1S/C24H20N4O8.C16H15N3O5.C15H12N2O5.C15H14N2O4S.C15H13NO4/c1-13-5-3-7-16(9-13)25-22(29)21(23(30)26-17-8-4-6-14(2)10-17)20-18(27(33)34)11-15(24(31)32)12-19(20)28(35)36;1-18(2)11-6-3-5-10(9-11)17-15(20)14-12(16(21)22)7-4-8-13(14)19(23)24;1-9-4-2-5-10(8-9)16-14(18)11-6-3-7-12(17(21)22)13(11)15(19)20;1-16(2)10-3-6-12(7-4-10)22-14-8-5-11(17(20)21)9-13(14)15(18)19;1-10-3-2-4-11(7-10)8-12-5-6-13(15(17)18)9-14(12)16(19)20/h3-12,21H,1-2H3,(H,25,29)(H,26,30)(H,31,32);3-9H,1-2H3,(H,17,20)(H,21,22);2-8H,1H3,(H,16,18)(H,19,20);3-9H,1-2H3,(H,18,19);2-7,9H,8H2,1H3,(H,17,18). The van der Waals surface area contributed by atoms with Crippen molar-refractivity contribution in [3.8, 4) is 0 Å². The van der Waals surface area contributed by atoms with Gasteiger partial charge in [-0.1, -0.05) is 102 Å². The molecule has 0 aromatic heterocycles. The van der Waals surface area contributed by atoms with Crippen molar-refractivity contribution in [2.45, 2.75) is 49.8 Å². The lowest BCUT2D eigenvalue weighted by Gasteiger charge is -2.18. The van der Waals surface area contributed by atoms with Crippen molar-refractivity contribution in [3.05, 3.63) is 369 Å². The number of anilines is 6. The molecule has 0 saturated heterocycles. The molecule has 0 spiro atoms. The molecule has 124 heavy (non-hydrogen) atoms. The van der Waals surface area contributed by atoms with Gasteiger partial charge in [-0.15, -0.1) is 0 Å². The van der Waals surface area contributed by atoms with E-state index in [2.05, 4.69) is 21.3 Å². The fourth-order valence-electron chi connectivity index (χ4n) is 11.7. The Kier molecular flexibility index (Phi) is 32.6. The van der Waals surface area contributed by atoms with Crippen LogP contribution in [0.4, 0.5) is 68.2 Å². The Hall–Kier alpha value is -17.0. The van der Waals surface area contributed by atoms with Gasteiger partial charge in [-0.3, -0.25) is 79.9 Å². The van der Waals surface area contributed by atoms with Crippen LogP contribution in [0.2, 0.25) is 0 Å². The van der Waals surface area contributed by atoms with Crippen molar-refractivity contribution in [1.29, 1.82) is 0 Å². The number of benzene rings is 11. The topological polar surface area (TPSA) is 568 Å². The molecule has 0 aliphatic heterocycles. The highest BCUT2D eigenvalue weighted by atomic mass is 32.2. The zero-order chi connectivity index (χ0) is 91.7. The number of carbonyl (C=O) groups excluding carboxylic acids is 4. The molecule has 0 bridgehead atoms. The Morgan fingerprint density at radius 2 is 0.774 bits per heavy atom. The fourth-order valence-corrected chi connectivity index (χ4v) is 12.6. The number of non-ortho nitro benzene ring substituents is 1. The van der Waals surface area contributed by atoms with Gasteiger partial charge in [-0.05, 0) is 153 Å². The molecule has 0 heterocycles. The summed E-state index contributed by atoms with van der Waals surface area (Å²) in [5.74, 6) is -12.8. The zero-order valence-electron chi connectivity index (χ0n) is 66.5. The minimum Gasteiger partial charge on any atom is -0.478 e. The van der Waals surface area contributed by atoms with Crippen LogP contribution < -0.4 is 31.1 Å². The highest BCUT2D eigenvalue weighted by molar-refractivity contribution is 7.99. The largest absolute Gasteiger partial charge is 0.478 e. The summed E-state index contributed by atoms with van der Waals surface area (Å²) in [6.45, 7) is 7.28. The molecule has 0 unspecified atom stereocenters. The fraction of sp³-hybridized carbons (Fsp3) is 0.118. The zero-order valence-corrected chi connectivity index (χ0v) is 67.3. The molecular formula is C85H74N12O26S. The van der Waals surface area contributed by atoms with E-state index in [9.17, 15) is 124 Å². The van der Waals surface area contributed by atoms with Gasteiger partial charge in [0.05, 0.1) is 57.4 Å². The molecule has 0 radical (unpaired) electrons. The summed E-state index contributed by atoms with van der Waals surface area (Å²) in [6, 6.07) is 58.0. The molecule has 4 amide bonds. The van der Waals surface area contributed by atoms with Crippen LogP contribution in [0, 0.1) is 88.4 Å². The van der Waals surface area contributed by atoms with Crippen LogP contribution in [0.3, 0.4) is 0 Å². The number of nitrogens with one attached hydrogen (secondary N) is 4. The number of nitrogens with zero attached hydrogens (tertiary/aromatic N) is 8. The maximum absolute atomic E-state index is 13.4. The highest BCUT2D eigenvalue weighted by Gasteiger charge is 2.42. The molecule has 11 rings (SSSR count). The summed E-state index contributed by atoms with van der Waals surface area (Å²) in [7, 11) is 7.51. The number of aromatic carboxylic acids is 5. The molecule has 11 aromatic rings. The summed E-state index contributed by atoms with van der Waals surface area (Å²) >= 11 is 1.26. The molecule has 0 fully saturated rings. The molecule has 39 heteroatoms. The van der Waals surface area contributed by atoms with Gasteiger partial charge in [-0.25, -0.2) is 24.0 Å². The Bertz CT molecular complexity index is 5920. The number of carboxylic acid groups (broad SMARTS) is 5. The number of amides is 4. The number of hydrogen-bond acceptors (Lipinski definition) is 24. The Morgan fingerprint density at radius 1 is 0.355 bits per heavy atom. The number of rotatable bonds is 26. The summed E-state index contributed by atoms with van der Waals surface area (Å²) < 4.78 is 0. The first-order valence-corrected chi connectivity index (χ1v) is 36.8. The van der Waals surface area contributed by atoms with Crippen LogP contribution in [0.25, 0.3) is 0 Å². The van der Waals surface area contributed by atoms with E-state index < -0.39 is 139 Å². The first-order valence-electron chi connectivity index (χ1n) is 36.0. The van der Waals surface area contributed by atoms with Crippen molar-refractivity contribution in [2.75, 3.05) is 59.3 Å². The molecule has 0 saturated carbocycles. The second kappa shape index (κ2) is 42.9. The van der Waals surface area contributed by atoms with Crippen molar-refractivity contribution in [1.82, 2.24) is 0 Å². The number of nitro benzene ring substituents is 6. The van der Waals surface area contributed by atoms with E-state index in [1.165, 1.54) is 66.4 Å². The summed E-state index contributed by atoms with van der Waals surface area (Å²) in [4.78, 5) is 175. The van der Waals surface area contributed by atoms with Crippen molar-refractivity contribution >= 4 is 133 Å². The third-order valence-electron chi connectivity index (χ3n) is 17.4. The quantitative estimate of drug-likeness (QED) is 0.0138. The van der Waals surface area contributed by atoms with Crippen LogP contribution in [0.15, 0.2) is 240 Å². The molecular weight excluding hydrogens is 1640 g/mol. The Morgan fingerprint density at radius 3 is 1.21 bits per heavy atom. The number of carbonyl (C=O) groups is 9. The second-order valence-electron chi connectivity index (χ2n) is 26.9. The van der Waals surface area contributed by atoms with E-state index in [1.807, 2.05) is 113 Å². The minimum absolute atomic E-state index is 0.0733. The molecule has 9 N–H and O–H groups in total. The van der Waals surface area contributed by atoms with E-state index in [-0.39, 0.29) is 39.4 Å². The van der Waals surface area contributed by atoms with Crippen LogP contribution in [-0.2, 0) is 16.0 Å². The number of carboxylic acids is 5. The summed E-state index contributed by atoms with van der Waals surface area (Å²) in [5, 5.41) is 123. The molecule has 38 nitrogen and oxygen atoms in total. The summed E-state index contributed by atoms with van der Waals surface area (Å²) in [6.07, 6.45) is 0.401. The van der Waals surface area contributed by atoms with E-state index in [0.29, 0.717) is 40.4 Å². The van der Waals surface area contributed by atoms with Crippen LogP contribution in [0.5, 0.6) is 0 Å². The van der Waals surface area contributed by atoms with E-state index >= 15 is 0 Å². The van der Waals surface area contributed by atoms with Crippen molar-refractivity contribution < 1.29 is 98.2 Å². The molecule has 0 aliphatic rings. The van der Waals surface area contributed by atoms with Gasteiger partial charge < -0.3 is 56.6 Å². The average molecular weight is 1710 g/mol. The smallest absolute Gasteiger partial charge is 0.343 e. The Balaban J connectivity index is 0.000000217. The van der Waals surface area contributed by atoms with Crippen molar-refractivity contribution in [3.63, 3.8) is 0 Å². The minimum atomic E-state index is -2.07. The lowest BCUT2D eigenvalue weighted by Crippen LogP contribution is -2.33. The molecule has 11 aromatic carbocycles. The maximum Gasteiger partial charge on any atom is 0.343 e. The van der Waals surface area contributed by atoms with Crippen LogP contribution in [-0.4, -0.2) is 137 Å². The molecule has 0 atom stereocenters. The van der Waals surface area contributed by atoms with Crippen molar-refractivity contribution in [2.24, 2.45) is 0 Å². The van der Waals surface area contributed by atoms with Gasteiger partial charge >= 0.3 is 29.8 Å². The van der Waals surface area contributed by atoms with Gasteiger partial charge in [0, 0.05) is 127 Å². The number of aryl methyl sites for hydroxylation is 4. The predicted molar refractivity (Wildman–Crippen MR) is 456 cm³/mol. The number of hydrogen-bond donors (Lipinski definition) is 9. The van der Waals surface area contributed by atoms with E-state index in [0.717, 1.165) is 74.4 Å². The first-order chi connectivity index (χ1) is 58.5. The maximum atomic E-state index is 13.4. The normalized spacial score (nSPS) is 10.3. The third kappa shape index (κ3) is 26.0. The SMILES string of the molecule is CN(C)c1ccc(Sc2ccc([N+](=O)[O-])cc2C(=O)O)cc1.CN(C)c1cccc(NC(=O)c2c(C(=O)O)cccc2[N+](=O)[O-])c1.Cc1cccc(Cc2ccc(C(=O)O)cc2[N+](=O)[O-])c1.Cc1cccc(NC(=O)C(C(=O)Nc2cccc(C)c2)c2c([N+](=O)[O-])cc(C(=O)O)cc2[N+](=O)[O-])c1.Cc1cccc(NC(=O)c2cccc([N+](=O)[O-])c2C(=O)O)c1. The lowest BCUT2D eigenvalue weighted by molar-refractivity contribution is -0.395. The predicted octanol–water partition coefficient (Wildman–Crippen LogP) is 16.3. The van der Waals surface area contributed by atoms with E-state index in [4.69, 9.17) is 5.11 Å². The average Bonchev–Trinajstić information content (AvgIpc) is 0.740. The third-order valence-corrected chi connectivity index (χ3v) is 18.5. The monoisotopic (exact) mass is 1710 g/mol. The van der Waals surface area contributed by atoms with Gasteiger partial charge in [-0.2, -0.15) is 0 Å². The lowest BCUT2D eigenvalue weighted by atomic mass is 9.91. The molecule has 0 aliphatic carbocycles. The first kappa shape index (κ1) is 94.2. The number of nitro groups is 6. The van der Waals surface area contributed by atoms with Crippen LogP contribution >= 0.6 is 11.8 Å². The highest BCUT2D eigenvalue weighted by Crippen LogP contribution is 2.40. The van der Waals surface area contributed by atoms with Gasteiger partial charge in [0.1, 0.15) is 16.7 Å². The molecule has 636 valence electrons. The Labute approximate surface area is 706 Å². The van der Waals surface area contributed by atoms with Gasteiger partial charge in [0.25, 0.3) is 45.9 Å². The second-order valence-corrected chi connectivity index (χ2v) is 28.1. The van der Waals surface area contributed by atoms with E-state index in [1.54, 1.807) is 86.6 Å². The van der Waals surface area contributed by atoms with Crippen LogP contribution in [0.1, 0.15) is 117 Å². The van der Waals surface area contributed by atoms with Gasteiger partial charge in [0.15, 0.2) is 5.92 Å². The van der Waals surface area contributed by atoms with Gasteiger partial charge in [0.2, 0.25) is 11.8 Å².